The summed E-state index contributed by atoms with van der Waals surface area (Å²) in [7, 11) is 0. The summed E-state index contributed by atoms with van der Waals surface area (Å²) in [5.41, 5.74) is 0. The second kappa shape index (κ2) is 6.83. The van der Waals surface area contributed by atoms with Crippen molar-refractivity contribution in [2.75, 3.05) is 30.3 Å². The Hall–Kier alpha value is -1.44. The van der Waals surface area contributed by atoms with Crippen LogP contribution in [0.25, 0.3) is 10.2 Å². The minimum atomic E-state index is -0.799. The van der Waals surface area contributed by atoms with Gasteiger partial charge in [0.2, 0.25) is 5.95 Å². The Morgan fingerprint density at radius 2 is 2.10 bits per heavy atom. The van der Waals surface area contributed by atoms with E-state index in [-0.39, 0.29) is 13.2 Å². The van der Waals surface area contributed by atoms with Gasteiger partial charge in [-0.25, -0.2) is 4.98 Å². The number of hydrogen-bond acceptors (Lipinski definition) is 7. The van der Waals surface area contributed by atoms with E-state index in [4.69, 9.17) is 5.11 Å². The van der Waals surface area contributed by atoms with Crippen LogP contribution in [0, 0.1) is 0 Å². The summed E-state index contributed by atoms with van der Waals surface area (Å²) in [4.78, 5) is 11.1. The van der Waals surface area contributed by atoms with Gasteiger partial charge < -0.3 is 20.8 Å². The highest BCUT2D eigenvalue weighted by Gasteiger charge is 2.12. The Morgan fingerprint density at radius 1 is 1.30 bits per heavy atom. The molecule has 2 heterocycles. The molecular formula is C13H20N4O2S. The van der Waals surface area contributed by atoms with Gasteiger partial charge in [-0.1, -0.05) is 6.92 Å². The number of thiophene rings is 1. The van der Waals surface area contributed by atoms with Gasteiger partial charge in [-0.3, -0.25) is 0 Å². The third kappa shape index (κ3) is 3.36. The van der Waals surface area contributed by atoms with Crippen molar-refractivity contribution in [2.24, 2.45) is 0 Å². The van der Waals surface area contributed by atoms with Gasteiger partial charge in [-0.15, -0.1) is 11.3 Å². The highest BCUT2D eigenvalue weighted by Crippen LogP contribution is 2.30. The largest absolute Gasteiger partial charge is 0.394 e. The molecule has 6 nitrogen and oxygen atoms in total. The average molecular weight is 296 g/mol. The lowest BCUT2D eigenvalue weighted by Crippen LogP contribution is -2.23. The number of nitrogens with one attached hydrogen (secondary N) is 2. The fourth-order valence-corrected chi connectivity index (χ4v) is 2.76. The summed E-state index contributed by atoms with van der Waals surface area (Å²) in [6.45, 7) is 4.82. The van der Waals surface area contributed by atoms with E-state index >= 15 is 0 Å². The predicted octanol–water partition coefficient (Wildman–Crippen LogP) is 1.45. The Balaban J connectivity index is 2.34. The number of nitrogens with zero attached hydrogens (tertiary/aromatic N) is 2. The Bertz CT molecular complexity index is 573. The van der Waals surface area contributed by atoms with Crippen LogP contribution in [0.2, 0.25) is 0 Å². The van der Waals surface area contributed by atoms with Gasteiger partial charge in [-0.05, 0) is 19.4 Å². The minimum Gasteiger partial charge on any atom is -0.394 e. The topological polar surface area (TPSA) is 90.3 Å². The summed E-state index contributed by atoms with van der Waals surface area (Å²) in [6, 6.07) is 2.07. The van der Waals surface area contributed by atoms with Crippen LogP contribution in [-0.2, 0) is 6.42 Å². The number of hydrogen-bond donors (Lipinski definition) is 4. The quantitative estimate of drug-likeness (QED) is 0.618. The summed E-state index contributed by atoms with van der Waals surface area (Å²) in [6.07, 6.45) is 0.155. The van der Waals surface area contributed by atoms with Crippen LogP contribution < -0.4 is 10.6 Å². The molecule has 2 aromatic heterocycles. The number of rotatable bonds is 7. The predicted molar refractivity (Wildman–Crippen MR) is 82.5 cm³/mol. The maximum Gasteiger partial charge on any atom is 0.226 e. The molecular weight excluding hydrogens is 276 g/mol. The zero-order chi connectivity index (χ0) is 14.5. The number of anilines is 2. The number of aliphatic hydroxyl groups is 2. The van der Waals surface area contributed by atoms with Crippen LogP contribution >= 0.6 is 11.3 Å². The number of aryl methyl sites for hydroxylation is 1. The van der Waals surface area contributed by atoms with E-state index in [1.54, 1.807) is 11.3 Å². The Morgan fingerprint density at radius 3 is 2.75 bits per heavy atom. The molecule has 20 heavy (non-hydrogen) atoms. The van der Waals surface area contributed by atoms with E-state index in [0.717, 1.165) is 23.2 Å². The smallest absolute Gasteiger partial charge is 0.226 e. The molecule has 1 atom stereocenters. The maximum absolute atomic E-state index is 9.45. The van der Waals surface area contributed by atoms with Gasteiger partial charge in [0.15, 0.2) is 0 Å². The van der Waals surface area contributed by atoms with Crippen molar-refractivity contribution in [1.82, 2.24) is 9.97 Å². The van der Waals surface area contributed by atoms with Gasteiger partial charge in [0.05, 0.1) is 18.1 Å². The first kappa shape index (κ1) is 15.0. The van der Waals surface area contributed by atoms with Crippen molar-refractivity contribution in [1.29, 1.82) is 0 Å². The minimum absolute atomic E-state index is 0.255. The second-order valence-electron chi connectivity index (χ2n) is 4.43. The molecule has 4 N–H and O–H groups in total. The highest BCUT2D eigenvalue weighted by molar-refractivity contribution is 7.18. The van der Waals surface area contributed by atoms with Gasteiger partial charge in [-0.2, -0.15) is 4.98 Å². The summed E-state index contributed by atoms with van der Waals surface area (Å²) in [5, 5.41) is 25.5. The first-order valence-corrected chi connectivity index (χ1v) is 7.56. The molecule has 0 aromatic carbocycles. The van der Waals surface area contributed by atoms with Gasteiger partial charge in [0.25, 0.3) is 0 Å². The molecule has 0 aliphatic carbocycles. The molecule has 110 valence electrons. The van der Waals surface area contributed by atoms with E-state index < -0.39 is 6.10 Å². The molecule has 0 aliphatic heterocycles. The summed E-state index contributed by atoms with van der Waals surface area (Å²) < 4.78 is 0. The lowest BCUT2D eigenvalue weighted by atomic mass is 10.3. The van der Waals surface area contributed by atoms with E-state index in [2.05, 4.69) is 33.6 Å². The second-order valence-corrected chi connectivity index (χ2v) is 5.54. The summed E-state index contributed by atoms with van der Waals surface area (Å²) >= 11 is 1.65. The normalized spacial score (nSPS) is 12.6. The molecule has 2 rings (SSSR count). The molecule has 0 fully saturated rings. The van der Waals surface area contributed by atoms with Crippen molar-refractivity contribution in [3.8, 4) is 0 Å². The molecule has 0 spiro atoms. The van der Waals surface area contributed by atoms with Crippen LogP contribution in [0.3, 0.4) is 0 Å². The van der Waals surface area contributed by atoms with E-state index in [1.165, 1.54) is 4.88 Å². The fourth-order valence-electron chi connectivity index (χ4n) is 1.80. The van der Waals surface area contributed by atoms with E-state index in [0.29, 0.717) is 11.8 Å². The number of aromatic nitrogens is 2. The zero-order valence-corrected chi connectivity index (χ0v) is 12.5. The van der Waals surface area contributed by atoms with Crippen molar-refractivity contribution in [3.05, 3.63) is 10.9 Å². The maximum atomic E-state index is 9.45. The van der Waals surface area contributed by atoms with Gasteiger partial charge in [0.1, 0.15) is 10.6 Å². The standard InChI is InChI=1S/C13H20N4O2S/c1-3-9-5-10-11(15-6-8(19)7-18)16-13(14-4-2)17-12(10)20-9/h5,8,18-19H,3-4,6-7H2,1-2H3,(H2,14,15,16,17). The Labute approximate surface area is 121 Å². The molecule has 0 aliphatic rings. The number of fused-ring (bicyclic) bond motifs is 1. The molecule has 0 amide bonds. The highest BCUT2D eigenvalue weighted by atomic mass is 32.1. The third-order valence-electron chi connectivity index (χ3n) is 2.84. The van der Waals surface area contributed by atoms with E-state index in [9.17, 15) is 5.11 Å². The molecule has 0 saturated carbocycles. The Kier molecular flexibility index (Phi) is 5.11. The lowest BCUT2D eigenvalue weighted by molar-refractivity contribution is 0.105. The van der Waals surface area contributed by atoms with Gasteiger partial charge >= 0.3 is 0 Å². The fraction of sp³-hybridized carbons (Fsp3) is 0.538. The van der Waals surface area contributed by atoms with Crippen LogP contribution in [0.5, 0.6) is 0 Å². The molecule has 7 heteroatoms. The van der Waals surface area contributed by atoms with Gasteiger partial charge in [0, 0.05) is 18.0 Å². The van der Waals surface area contributed by atoms with Crippen LogP contribution in [0.4, 0.5) is 11.8 Å². The molecule has 2 aromatic rings. The monoisotopic (exact) mass is 296 g/mol. The molecule has 0 saturated heterocycles. The van der Waals surface area contributed by atoms with E-state index in [1.807, 2.05) is 6.92 Å². The van der Waals surface area contributed by atoms with Crippen LogP contribution in [0.1, 0.15) is 18.7 Å². The summed E-state index contributed by atoms with van der Waals surface area (Å²) in [5.74, 6) is 1.26. The van der Waals surface area contributed by atoms with Crippen molar-refractivity contribution < 1.29 is 10.2 Å². The molecule has 1 unspecified atom stereocenters. The molecule has 0 radical (unpaired) electrons. The molecule has 0 bridgehead atoms. The van der Waals surface area contributed by atoms with Crippen LogP contribution in [-0.4, -0.2) is 46.0 Å². The number of aliphatic hydroxyl groups excluding tert-OH is 2. The van der Waals surface area contributed by atoms with Crippen LogP contribution in [0.15, 0.2) is 6.07 Å². The lowest BCUT2D eigenvalue weighted by Gasteiger charge is -2.11. The third-order valence-corrected chi connectivity index (χ3v) is 4.02. The van der Waals surface area contributed by atoms with Crippen molar-refractivity contribution >= 4 is 33.3 Å². The first-order valence-electron chi connectivity index (χ1n) is 6.75. The van der Waals surface area contributed by atoms with Crippen molar-refractivity contribution in [3.63, 3.8) is 0 Å². The SMILES string of the molecule is CCNc1nc(NCC(O)CO)c2cc(CC)sc2n1. The first-order chi connectivity index (χ1) is 9.67. The average Bonchev–Trinajstić information content (AvgIpc) is 2.87. The zero-order valence-electron chi connectivity index (χ0n) is 11.7. The van der Waals surface area contributed by atoms with Crippen molar-refractivity contribution in [2.45, 2.75) is 26.4 Å².